The molecular formula is C24H35FN4O9S. The third-order valence-electron chi connectivity index (χ3n) is 6.30. The van der Waals surface area contributed by atoms with Gasteiger partial charge in [0.05, 0.1) is 6.61 Å². The minimum Gasteiger partial charge on any atom is -0.443 e. The van der Waals surface area contributed by atoms with Gasteiger partial charge in [-0.3, -0.25) is 14.4 Å². The number of hydrogen-bond donors (Lipinski definition) is 7. The van der Waals surface area contributed by atoms with Crippen LogP contribution in [0.1, 0.15) is 41.6 Å². The van der Waals surface area contributed by atoms with Gasteiger partial charge >= 0.3 is 10.3 Å². The number of aryl methyl sites for hydroxylation is 2. The van der Waals surface area contributed by atoms with Crippen molar-refractivity contribution < 1.29 is 46.9 Å². The molecule has 15 heteroatoms. The predicted molar refractivity (Wildman–Crippen MR) is 136 cm³/mol. The fraction of sp³-hybridized carbons (Fsp3) is 0.583. The Balaban J connectivity index is 1.47. The van der Waals surface area contributed by atoms with Crippen molar-refractivity contribution >= 4 is 16.2 Å². The lowest BCUT2D eigenvalue weighted by molar-refractivity contribution is -0.265. The van der Waals surface area contributed by atoms with Crippen LogP contribution in [0.4, 0.5) is 4.39 Å². The van der Waals surface area contributed by atoms with Crippen molar-refractivity contribution in [1.82, 2.24) is 20.2 Å². The number of nitrogens with one attached hydrogen (secondary N) is 3. The van der Waals surface area contributed by atoms with Crippen LogP contribution < -0.4 is 14.8 Å². The maximum atomic E-state index is 14.0. The van der Waals surface area contributed by atoms with Gasteiger partial charge in [-0.25, -0.2) is 4.39 Å². The molecule has 39 heavy (non-hydrogen) atoms. The van der Waals surface area contributed by atoms with E-state index in [0.29, 0.717) is 49.9 Å². The third-order valence-corrected chi connectivity index (χ3v) is 6.87. The number of ether oxygens (including phenoxy) is 2. The van der Waals surface area contributed by atoms with Crippen molar-refractivity contribution in [2.24, 2.45) is 0 Å². The average molecular weight is 575 g/mol. The number of H-pyrrole nitrogens is 1. The maximum absolute atomic E-state index is 14.0. The van der Waals surface area contributed by atoms with E-state index in [1.54, 1.807) is 6.92 Å². The first-order valence-corrected chi connectivity index (χ1v) is 14.0. The summed E-state index contributed by atoms with van der Waals surface area (Å²) in [6.07, 6.45) is -5.78. The molecule has 13 nitrogen and oxygen atoms in total. The number of amides is 1. The zero-order chi connectivity index (χ0) is 28.6. The molecule has 1 aromatic carbocycles. The first kappa shape index (κ1) is 30.9. The molecule has 1 aromatic heterocycles. The molecule has 0 aliphatic carbocycles. The number of hydrogen-bond acceptors (Lipinski definition) is 9. The highest BCUT2D eigenvalue weighted by atomic mass is 32.2. The van der Waals surface area contributed by atoms with Crippen molar-refractivity contribution in [1.29, 1.82) is 0 Å². The molecule has 2 aromatic rings. The number of aromatic amines is 1. The van der Waals surface area contributed by atoms with Gasteiger partial charge in [-0.1, -0.05) is 24.3 Å². The molecule has 0 bridgehead atoms. The summed E-state index contributed by atoms with van der Waals surface area (Å²) in [5.74, 6) is -0.0185. The van der Waals surface area contributed by atoms with E-state index >= 15 is 0 Å². The molecule has 3 rings (SSSR count). The highest BCUT2D eigenvalue weighted by Gasteiger charge is 2.46. The first-order chi connectivity index (χ1) is 18.5. The Morgan fingerprint density at radius 3 is 2.51 bits per heavy atom. The highest BCUT2D eigenvalue weighted by Crippen LogP contribution is 2.29. The van der Waals surface area contributed by atoms with Crippen molar-refractivity contribution in [3.05, 3.63) is 46.6 Å². The van der Waals surface area contributed by atoms with E-state index in [1.165, 1.54) is 0 Å². The van der Waals surface area contributed by atoms with Crippen molar-refractivity contribution in [3.8, 4) is 5.88 Å². The van der Waals surface area contributed by atoms with Crippen LogP contribution in [0.25, 0.3) is 0 Å². The normalized spacial score (nSPS) is 23.5. The summed E-state index contributed by atoms with van der Waals surface area (Å²) in [7, 11) is -4.22. The van der Waals surface area contributed by atoms with Gasteiger partial charge in [0.2, 0.25) is 18.1 Å². The van der Waals surface area contributed by atoms with Gasteiger partial charge in [0.15, 0.2) is 6.17 Å². The molecular weight excluding hydrogens is 539 g/mol. The molecule has 0 unspecified atom stereocenters. The molecule has 0 radical (unpaired) electrons. The Labute approximate surface area is 225 Å². The lowest BCUT2D eigenvalue weighted by Crippen LogP contribution is -2.58. The Bertz CT molecular complexity index is 1180. The topological polar surface area (TPSA) is 203 Å². The van der Waals surface area contributed by atoms with Gasteiger partial charge in [-0.05, 0) is 37.3 Å². The number of alkyl halides is 1. The van der Waals surface area contributed by atoms with Crippen molar-refractivity contribution in [2.75, 3.05) is 19.7 Å². The number of carbonyl (C=O) groups excluding carboxylic acids is 1. The van der Waals surface area contributed by atoms with Crippen LogP contribution in [0.3, 0.4) is 0 Å². The van der Waals surface area contributed by atoms with Crippen LogP contribution in [0.2, 0.25) is 0 Å². The van der Waals surface area contributed by atoms with Crippen LogP contribution in [-0.2, 0) is 32.7 Å². The van der Waals surface area contributed by atoms with Gasteiger partial charge in [-0.15, -0.1) is 5.10 Å². The summed E-state index contributed by atoms with van der Waals surface area (Å²) >= 11 is 0. The van der Waals surface area contributed by atoms with E-state index in [1.807, 2.05) is 29.0 Å². The lowest BCUT2D eigenvalue weighted by Gasteiger charge is -2.38. The molecule has 1 amide bonds. The first-order valence-electron chi connectivity index (χ1n) is 12.5. The number of rotatable bonds is 14. The van der Waals surface area contributed by atoms with Gasteiger partial charge in [0.25, 0.3) is 0 Å². The molecule has 1 saturated heterocycles. The highest BCUT2D eigenvalue weighted by molar-refractivity contribution is 7.83. The summed E-state index contributed by atoms with van der Waals surface area (Å²) in [4.78, 5) is 11.9. The summed E-state index contributed by atoms with van der Waals surface area (Å²) in [6.45, 7) is 1.42. The van der Waals surface area contributed by atoms with E-state index in [2.05, 4.69) is 15.5 Å². The molecule has 0 saturated carbocycles. The van der Waals surface area contributed by atoms with Crippen LogP contribution >= 0.6 is 0 Å². The standard InChI is InChI=1S/C24H35FN4O9S/c1-14-17(23(29-28-14)38-24-22(33)21(32)20(25)18(13-30)37-24)12-16-8-6-15(7-9-16)4-2-5-19(31)26-10-3-11-27-39(34,35)36/h6-9,18,20-22,24,27,30,32-33H,2-5,10-13H2,1H3,(H,26,31)(H,28,29)(H,34,35,36)/t18-,20-,21+,22-,24+/m1/s1. The SMILES string of the molecule is Cc1[nH]nc(O[C@@H]2O[C@H](CO)[C@@H](F)[C@H](O)[C@H]2O)c1Cc1ccc(CCCC(=O)NCCCNS(=O)(=O)O)cc1. The molecule has 1 fully saturated rings. The van der Waals surface area contributed by atoms with E-state index in [4.69, 9.17) is 14.0 Å². The van der Waals surface area contributed by atoms with Crippen LogP contribution in [0, 0.1) is 6.92 Å². The number of benzene rings is 1. The Hall–Kier alpha value is -2.66. The van der Waals surface area contributed by atoms with E-state index in [0.717, 1.165) is 11.1 Å². The number of nitrogens with zero attached hydrogens (tertiary/aromatic N) is 1. The van der Waals surface area contributed by atoms with E-state index in [9.17, 15) is 32.9 Å². The monoisotopic (exact) mass is 574 g/mol. The second-order valence-electron chi connectivity index (χ2n) is 9.32. The Kier molecular flexibility index (Phi) is 11.2. The average Bonchev–Trinajstić information content (AvgIpc) is 3.23. The molecule has 1 aliphatic heterocycles. The number of aliphatic hydroxyl groups excluding tert-OH is 3. The van der Waals surface area contributed by atoms with Crippen LogP contribution in [-0.4, -0.2) is 94.9 Å². The van der Waals surface area contributed by atoms with Gasteiger partial charge in [0.1, 0.15) is 18.3 Å². The van der Waals surface area contributed by atoms with Gasteiger partial charge in [0, 0.05) is 37.2 Å². The Morgan fingerprint density at radius 2 is 1.85 bits per heavy atom. The van der Waals surface area contributed by atoms with Gasteiger partial charge in [-0.2, -0.15) is 13.1 Å². The third kappa shape index (κ3) is 9.20. The lowest BCUT2D eigenvalue weighted by atomic mass is 10.0. The zero-order valence-electron chi connectivity index (χ0n) is 21.4. The fourth-order valence-electron chi connectivity index (χ4n) is 4.07. The van der Waals surface area contributed by atoms with Crippen LogP contribution in [0.5, 0.6) is 5.88 Å². The van der Waals surface area contributed by atoms with E-state index < -0.39 is 47.7 Å². The second kappa shape index (κ2) is 14.1. The number of halogens is 1. The minimum absolute atomic E-state index is 0.0284. The summed E-state index contributed by atoms with van der Waals surface area (Å²) in [6, 6.07) is 7.75. The largest absolute Gasteiger partial charge is 0.443 e. The molecule has 218 valence electrons. The zero-order valence-corrected chi connectivity index (χ0v) is 22.2. The number of aliphatic hydroxyl groups is 3. The maximum Gasteiger partial charge on any atom is 0.333 e. The molecule has 7 N–H and O–H groups in total. The summed E-state index contributed by atoms with van der Waals surface area (Å²) in [5.41, 5.74) is 3.36. The molecule has 0 spiro atoms. The summed E-state index contributed by atoms with van der Waals surface area (Å²) < 4.78 is 56.6. The quantitative estimate of drug-likeness (QED) is 0.116. The number of aromatic nitrogens is 2. The molecule has 1 aliphatic rings. The fourth-order valence-corrected chi connectivity index (χ4v) is 4.47. The smallest absolute Gasteiger partial charge is 0.333 e. The molecule has 5 atom stereocenters. The van der Waals surface area contributed by atoms with Crippen LogP contribution in [0.15, 0.2) is 24.3 Å². The Morgan fingerprint density at radius 1 is 1.15 bits per heavy atom. The summed E-state index contributed by atoms with van der Waals surface area (Å²) in [5, 5.41) is 39.0. The van der Waals surface area contributed by atoms with Gasteiger partial charge < -0.3 is 30.1 Å². The van der Waals surface area contributed by atoms with E-state index in [-0.39, 0.29) is 18.3 Å². The second-order valence-corrected chi connectivity index (χ2v) is 10.6. The predicted octanol–water partition coefficient (Wildman–Crippen LogP) is -0.314. The number of carbonyl (C=O) groups is 1. The van der Waals surface area contributed by atoms with Crippen molar-refractivity contribution in [2.45, 2.75) is 69.8 Å². The molecule has 2 heterocycles. The minimum atomic E-state index is -4.22. The van der Waals surface area contributed by atoms with Crippen molar-refractivity contribution in [3.63, 3.8) is 0 Å².